The van der Waals surface area contributed by atoms with E-state index in [2.05, 4.69) is 22.2 Å². The van der Waals surface area contributed by atoms with Gasteiger partial charge in [-0.15, -0.1) is 0 Å². The summed E-state index contributed by atoms with van der Waals surface area (Å²) in [5, 5.41) is 3.03. The van der Waals surface area contributed by atoms with E-state index < -0.39 is 5.97 Å². The van der Waals surface area contributed by atoms with E-state index >= 15 is 0 Å². The highest BCUT2D eigenvalue weighted by atomic mass is 16.5. The number of fused-ring (bicyclic) bond motifs is 1. The van der Waals surface area contributed by atoms with Crippen molar-refractivity contribution in [1.82, 2.24) is 14.6 Å². The second-order valence-electron chi connectivity index (χ2n) is 6.01. The summed E-state index contributed by atoms with van der Waals surface area (Å²) in [5.74, 6) is -0.605. The SMILES string of the molecule is CCOC(=O)c1cc(=O)n2[nH]c(-c3ccc(-c4ccccc4)cc3)cc2n1. The van der Waals surface area contributed by atoms with Crippen molar-refractivity contribution in [3.63, 3.8) is 0 Å². The van der Waals surface area contributed by atoms with Crippen LogP contribution in [0.4, 0.5) is 0 Å². The van der Waals surface area contributed by atoms with Gasteiger partial charge in [-0.1, -0.05) is 54.6 Å². The van der Waals surface area contributed by atoms with Gasteiger partial charge in [0.1, 0.15) is 0 Å². The van der Waals surface area contributed by atoms with E-state index in [1.165, 1.54) is 10.6 Å². The number of esters is 1. The van der Waals surface area contributed by atoms with Crippen molar-refractivity contribution in [1.29, 1.82) is 0 Å². The first-order chi connectivity index (χ1) is 13.2. The predicted molar refractivity (Wildman–Crippen MR) is 103 cm³/mol. The number of H-pyrrole nitrogens is 1. The smallest absolute Gasteiger partial charge is 0.357 e. The van der Waals surface area contributed by atoms with Crippen LogP contribution in [0.1, 0.15) is 17.4 Å². The Morgan fingerprint density at radius 3 is 2.37 bits per heavy atom. The van der Waals surface area contributed by atoms with Crippen LogP contribution in [0.3, 0.4) is 0 Å². The van der Waals surface area contributed by atoms with Crippen molar-refractivity contribution in [3.8, 4) is 22.4 Å². The van der Waals surface area contributed by atoms with Gasteiger partial charge in [-0.3, -0.25) is 9.89 Å². The normalized spacial score (nSPS) is 10.9. The molecule has 0 saturated heterocycles. The molecule has 0 radical (unpaired) electrons. The maximum Gasteiger partial charge on any atom is 0.357 e. The third-order valence-electron chi connectivity index (χ3n) is 4.24. The van der Waals surface area contributed by atoms with Crippen molar-refractivity contribution in [2.75, 3.05) is 6.61 Å². The molecule has 6 heteroatoms. The molecule has 0 fully saturated rings. The summed E-state index contributed by atoms with van der Waals surface area (Å²) in [6.07, 6.45) is 0. The molecule has 134 valence electrons. The van der Waals surface area contributed by atoms with Gasteiger partial charge in [0.25, 0.3) is 5.56 Å². The Morgan fingerprint density at radius 1 is 1.00 bits per heavy atom. The van der Waals surface area contributed by atoms with Gasteiger partial charge in [-0.25, -0.2) is 14.3 Å². The van der Waals surface area contributed by atoms with E-state index in [1.807, 2.05) is 42.5 Å². The Labute approximate surface area is 155 Å². The van der Waals surface area contributed by atoms with Gasteiger partial charge in [0.15, 0.2) is 11.3 Å². The molecular weight excluding hydrogens is 342 g/mol. The second-order valence-corrected chi connectivity index (χ2v) is 6.01. The zero-order valence-corrected chi connectivity index (χ0v) is 14.7. The molecule has 1 N–H and O–H groups in total. The minimum atomic E-state index is -0.605. The summed E-state index contributed by atoms with van der Waals surface area (Å²) in [6.45, 7) is 1.93. The van der Waals surface area contributed by atoms with Gasteiger partial charge >= 0.3 is 5.97 Å². The monoisotopic (exact) mass is 359 g/mol. The molecule has 4 aromatic rings. The summed E-state index contributed by atoms with van der Waals surface area (Å²) in [4.78, 5) is 28.3. The van der Waals surface area contributed by atoms with Gasteiger partial charge in [-0.2, -0.15) is 0 Å². The highest BCUT2D eigenvalue weighted by molar-refractivity contribution is 5.87. The number of rotatable bonds is 4. The van der Waals surface area contributed by atoms with Crippen LogP contribution in [0.5, 0.6) is 0 Å². The highest BCUT2D eigenvalue weighted by Gasteiger charge is 2.13. The third-order valence-corrected chi connectivity index (χ3v) is 4.24. The van der Waals surface area contributed by atoms with Crippen LogP contribution in [0.2, 0.25) is 0 Å². The first kappa shape index (κ1) is 16.8. The van der Waals surface area contributed by atoms with Gasteiger partial charge < -0.3 is 4.74 Å². The number of ether oxygens (including phenoxy) is 1. The van der Waals surface area contributed by atoms with Crippen LogP contribution in [0.25, 0.3) is 28.0 Å². The molecule has 0 aliphatic heterocycles. The number of benzene rings is 2. The fourth-order valence-electron chi connectivity index (χ4n) is 2.92. The summed E-state index contributed by atoms with van der Waals surface area (Å²) in [6, 6.07) is 21.0. The van der Waals surface area contributed by atoms with Crippen LogP contribution in [-0.4, -0.2) is 27.2 Å². The molecule has 0 atom stereocenters. The molecule has 27 heavy (non-hydrogen) atoms. The molecule has 2 heterocycles. The zero-order valence-electron chi connectivity index (χ0n) is 14.7. The van der Waals surface area contributed by atoms with Crippen LogP contribution in [0.15, 0.2) is 71.5 Å². The van der Waals surface area contributed by atoms with Gasteiger partial charge in [-0.05, 0) is 23.6 Å². The Bertz CT molecular complexity index is 1160. The number of aromatic amines is 1. The first-order valence-corrected chi connectivity index (χ1v) is 8.61. The molecule has 0 bridgehead atoms. The molecule has 0 spiro atoms. The van der Waals surface area contributed by atoms with E-state index in [0.29, 0.717) is 5.65 Å². The largest absolute Gasteiger partial charge is 0.461 e. The lowest BCUT2D eigenvalue weighted by Crippen LogP contribution is -2.18. The molecule has 6 nitrogen and oxygen atoms in total. The van der Waals surface area contributed by atoms with E-state index in [1.54, 1.807) is 13.0 Å². The highest BCUT2D eigenvalue weighted by Crippen LogP contribution is 2.24. The number of aromatic nitrogens is 3. The molecule has 4 rings (SSSR count). The minimum Gasteiger partial charge on any atom is -0.461 e. The number of nitrogens with one attached hydrogen (secondary N) is 1. The number of hydrogen-bond donors (Lipinski definition) is 1. The van der Waals surface area contributed by atoms with E-state index in [9.17, 15) is 9.59 Å². The number of carbonyl (C=O) groups is 1. The lowest BCUT2D eigenvalue weighted by Gasteiger charge is -2.03. The number of nitrogens with zero attached hydrogens (tertiary/aromatic N) is 2. The van der Waals surface area contributed by atoms with E-state index in [0.717, 1.165) is 22.4 Å². The summed E-state index contributed by atoms with van der Waals surface area (Å²) in [7, 11) is 0. The van der Waals surface area contributed by atoms with Crippen LogP contribution in [0, 0.1) is 0 Å². The standard InChI is InChI=1S/C21H17N3O3/c1-2-27-21(26)18-13-20(25)24-19(22-18)12-17(23-24)16-10-8-15(9-11-16)14-6-4-3-5-7-14/h3-13,23H,2H2,1H3. The average molecular weight is 359 g/mol. The molecule has 0 aliphatic rings. The van der Waals surface area contributed by atoms with Crippen molar-refractivity contribution in [2.24, 2.45) is 0 Å². The van der Waals surface area contributed by atoms with E-state index in [4.69, 9.17) is 4.74 Å². The second kappa shape index (κ2) is 6.92. The quantitative estimate of drug-likeness (QED) is 0.566. The maximum atomic E-state index is 12.3. The Hall–Kier alpha value is -3.67. The zero-order chi connectivity index (χ0) is 18.8. The van der Waals surface area contributed by atoms with Crippen molar-refractivity contribution < 1.29 is 9.53 Å². The summed E-state index contributed by atoms with van der Waals surface area (Å²) in [5.41, 5.74) is 3.90. The fraction of sp³-hybridized carbons (Fsp3) is 0.0952. The molecule has 2 aromatic heterocycles. The van der Waals surface area contributed by atoms with Gasteiger partial charge in [0.2, 0.25) is 0 Å². The molecular formula is C21H17N3O3. The minimum absolute atomic E-state index is 0.00632. The first-order valence-electron chi connectivity index (χ1n) is 8.61. The van der Waals surface area contributed by atoms with Crippen molar-refractivity contribution >= 4 is 11.6 Å². The maximum absolute atomic E-state index is 12.3. The topological polar surface area (TPSA) is 76.5 Å². The van der Waals surface area contributed by atoms with Gasteiger partial charge in [0, 0.05) is 12.1 Å². The predicted octanol–water partition coefficient (Wildman–Crippen LogP) is 3.53. The Balaban J connectivity index is 1.71. The average Bonchev–Trinajstić information content (AvgIpc) is 3.14. The van der Waals surface area contributed by atoms with Crippen LogP contribution < -0.4 is 5.56 Å². The Morgan fingerprint density at radius 2 is 1.67 bits per heavy atom. The third kappa shape index (κ3) is 3.25. The number of hydrogen-bond acceptors (Lipinski definition) is 4. The van der Waals surface area contributed by atoms with Crippen LogP contribution in [-0.2, 0) is 4.74 Å². The molecule has 2 aromatic carbocycles. The van der Waals surface area contributed by atoms with Gasteiger partial charge in [0.05, 0.1) is 12.3 Å². The summed E-state index contributed by atoms with van der Waals surface area (Å²) < 4.78 is 6.23. The fourth-order valence-corrected chi connectivity index (χ4v) is 2.92. The van der Waals surface area contributed by atoms with Crippen molar-refractivity contribution in [2.45, 2.75) is 6.92 Å². The van der Waals surface area contributed by atoms with E-state index in [-0.39, 0.29) is 17.9 Å². The van der Waals surface area contributed by atoms with Crippen molar-refractivity contribution in [3.05, 3.63) is 82.8 Å². The van der Waals surface area contributed by atoms with Crippen LogP contribution >= 0.6 is 0 Å². The number of carbonyl (C=O) groups excluding carboxylic acids is 1. The lowest BCUT2D eigenvalue weighted by atomic mass is 10.0. The molecule has 0 saturated carbocycles. The molecule has 0 unspecified atom stereocenters. The molecule has 0 amide bonds. The lowest BCUT2D eigenvalue weighted by molar-refractivity contribution is 0.0519. The Kier molecular flexibility index (Phi) is 4.30. The summed E-state index contributed by atoms with van der Waals surface area (Å²) >= 11 is 0. The molecule has 0 aliphatic carbocycles.